The van der Waals surface area contributed by atoms with Gasteiger partial charge in [-0.05, 0) is 24.5 Å². The summed E-state index contributed by atoms with van der Waals surface area (Å²) >= 11 is 0. The normalized spacial score (nSPS) is 18.2. The van der Waals surface area contributed by atoms with Gasteiger partial charge in [0.15, 0.2) is 5.78 Å². The van der Waals surface area contributed by atoms with E-state index in [9.17, 15) is 4.79 Å². The maximum atomic E-state index is 12.0. The highest BCUT2D eigenvalue weighted by atomic mass is 16.1. The number of hydrogen-bond acceptors (Lipinski definition) is 1. The van der Waals surface area contributed by atoms with Gasteiger partial charge in [0, 0.05) is 5.57 Å². The second-order valence-corrected chi connectivity index (χ2v) is 4.33. The van der Waals surface area contributed by atoms with E-state index in [1.165, 1.54) is 0 Å². The molecule has 0 aromatic heterocycles. The van der Waals surface area contributed by atoms with Crippen molar-refractivity contribution in [1.29, 1.82) is 0 Å². The van der Waals surface area contributed by atoms with Gasteiger partial charge in [0.1, 0.15) is 0 Å². The van der Waals surface area contributed by atoms with Crippen molar-refractivity contribution in [2.45, 2.75) is 27.7 Å². The number of ketones is 1. The number of rotatable bonds is 5. The van der Waals surface area contributed by atoms with Gasteiger partial charge in [-0.15, -0.1) is 0 Å². The molecule has 0 aromatic carbocycles. The van der Waals surface area contributed by atoms with Crippen molar-refractivity contribution >= 4 is 5.78 Å². The van der Waals surface area contributed by atoms with Crippen LogP contribution in [0, 0.1) is 5.92 Å². The molecule has 0 aromatic rings. The fourth-order valence-corrected chi connectivity index (χ4v) is 1.63. The lowest BCUT2D eigenvalue weighted by atomic mass is 10.1. The lowest BCUT2D eigenvalue weighted by Crippen LogP contribution is -1.95. The Hall–Kier alpha value is -2.15. The third kappa shape index (κ3) is 7.88. The average Bonchev–Trinajstić information content (AvgIpc) is 2.71. The molecule has 0 heterocycles. The molecule has 0 N–H and O–H groups in total. The topological polar surface area (TPSA) is 17.1 Å². The summed E-state index contributed by atoms with van der Waals surface area (Å²) in [4.78, 5) is 12.0. The molecule has 21 heavy (non-hydrogen) atoms. The predicted molar refractivity (Wildman–Crippen MR) is 94.1 cm³/mol. The van der Waals surface area contributed by atoms with E-state index in [0.717, 1.165) is 5.57 Å². The largest absolute Gasteiger partial charge is 0.289 e. The van der Waals surface area contributed by atoms with Crippen molar-refractivity contribution in [1.82, 2.24) is 0 Å². The van der Waals surface area contributed by atoms with Crippen LogP contribution in [-0.2, 0) is 4.79 Å². The summed E-state index contributed by atoms with van der Waals surface area (Å²) in [5, 5.41) is 0. The Balaban J connectivity index is 0.00000191. The Bertz CT molecular complexity index is 508. The minimum absolute atomic E-state index is 0.0198. The van der Waals surface area contributed by atoms with Crippen LogP contribution >= 0.6 is 0 Å². The first-order valence-electron chi connectivity index (χ1n) is 7.42. The number of carbonyl (C=O) groups excluding carboxylic acids is 1. The molecule has 1 atom stereocenters. The Kier molecular flexibility index (Phi) is 10.5. The SMILES string of the molecule is C=C/C=C(\C=C/C)C(=O)/C=C/C1=CC=CC(C)C=C1.CC. The van der Waals surface area contributed by atoms with Crippen LogP contribution in [-0.4, -0.2) is 5.78 Å². The molecule has 0 spiro atoms. The van der Waals surface area contributed by atoms with Crippen LogP contribution < -0.4 is 0 Å². The fourth-order valence-electron chi connectivity index (χ4n) is 1.63. The van der Waals surface area contributed by atoms with E-state index < -0.39 is 0 Å². The number of hydrogen-bond donors (Lipinski definition) is 0. The van der Waals surface area contributed by atoms with E-state index in [1.807, 2.05) is 51.2 Å². The Morgan fingerprint density at radius 2 is 1.95 bits per heavy atom. The van der Waals surface area contributed by atoms with Gasteiger partial charge in [0.2, 0.25) is 0 Å². The highest BCUT2D eigenvalue weighted by Crippen LogP contribution is 2.11. The molecular weight excluding hydrogens is 256 g/mol. The number of carbonyl (C=O) groups is 1. The van der Waals surface area contributed by atoms with Gasteiger partial charge in [0.25, 0.3) is 0 Å². The molecule has 0 fully saturated rings. The highest BCUT2D eigenvalue weighted by molar-refractivity contribution is 6.06. The molecule has 0 amide bonds. The van der Waals surface area contributed by atoms with Crippen molar-refractivity contribution < 1.29 is 4.79 Å². The van der Waals surface area contributed by atoms with Gasteiger partial charge < -0.3 is 0 Å². The van der Waals surface area contributed by atoms with Crippen LogP contribution in [0.4, 0.5) is 0 Å². The predicted octanol–water partition coefficient (Wildman–Crippen LogP) is 5.51. The van der Waals surface area contributed by atoms with Crippen LogP contribution in [0.3, 0.4) is 0 Å². The van der Waals surface area contributed by atoms with Gasteiger partial charge in [-0.3, -0.25) is 4.79 Å². The lowest BCUT2D eigenvalue weighted by molar-refractivity contribution is -0.111. The second kappa shape index (κ2) is 11.7. The first kappa shape index (κ1) is 18.9. The smallest absolute Gasteiger partial charge is 0.185 e. The van der Waals surface area contributed by atoms with Crippen molar-refractivity contribution in [2.24, 2.45) is 5.92 Å². The molecule has 0 saturated heterocycles. The molecule has 1 heteroatoms. The minimum atomic E-state index is -0.0198. The quantitative estimate of drug-likeness (QED) is 0.479. The van der Waals surface area contributed by atoms with Crippen LogP contribution in [0.5, 0.6) is 0 Å². The number of allylic oxidation sites excluding steroid dienone is 13. The maximum absolute atomic E-state index is 12.0. The molecule has 1 unspecified atom stereocenters. The molecule has 112 valence electrons. The van der Waals surface area contributed by atoms with E-state index in [1.54, 1.807) is 24.3 Å². The Morgan fingerprint density at radius 3 is 2.57 bits per heavy atom. The van der Waals surface area contributed by atoms with Gasteiger partial charge >= 0.3 is 0 Å². The summed E-state index contributed by atoms with van der Waals surface area (Å²) in [5.41, 5.74) is 1.66. The maximum Gasteiger partial charge on any atom is 0.185 e. The average molecular weight is 282 g/mol. The van der Waals surface area contributed by atoms with Gasteiger partial charge in [0.05, 0.1) is 0 Å². The molecule has 1 rings (SSSR count). The molecule has 1 aliphatic rings. The summed E-state index contributed by atoms with van der Waals surface area (Å²) in [7, 11) is 0. The highest BCUT2D eigenvalue weighted by Gasteiger charge is 2.01. The van der Waals surface area contributed by atoms with Crippen molar-refractivity contribution in [3.8, 4) is 0 Å². The van der Waals surface area contributed by atoms with E-state index in [4.69, 9.17) is 0 Å². The van der Waals surface area contributed by atoms with Crippen LogP contribution in [0.25, 0.3) is 0 Å². The van der Waals surface area contributed by atoms with Crippen LogP contribution in [0.1, 0.15) is 27.7 Å². The summed E-state index contributed by atoms with van der Waals surface area (Å²) < 4.78 is 0. The van der Waals surface area contributed by atoms with Crippen molar-refractivity contribution in [3.05, 3.63) is 84.6 Å². The molecule has 0 saturated carbocycles. The molecular formula is C20H26O. The molecule has 0 radical (unpaired) electrons. The first-order chi connectivity index (χ1) is 10.2. The van der Waals surface area contributed by atoms with E-state index in [0.29, 0.717) is 11.5 Å². The standard InChI is InChI=1S/C18H20O.C2H6/c1-4-7-17(8-5-2)18(19)14-13-16-10-6-9-15(3)11-12-16;1-2/h4-15H,1H2,2-3H3;1-2H3/b8-5-,14-13+,17-7+;. The zero-order chi connectivity index (χ0) is 16.1. The van der Waals surface area contributed by atoms with Crippen molar-refractivity contribution in [2.75, 3.05) is 0 Å². The molecule has 1 nitrogen and oxygen atoms in total. The van der Waals surface area contributed by atoms with Crippen LogP contribution in [0.15, 0.2) is 84.6 Å². The second-order valence-electron chi connectivity index (χ2n) is 4.33. The molecule has 0 bridgehead atoms. The zero-order valence-corrected chi connectivity index (χ0v) is 13.5. The third-order valence-corrected chi connectivity index (χ3v) is 2.65. The van der Waals surface area contributed by atoms with E-state index in [2.05, 4.69) is 25.7 Å². The third-order valence-electron chi connectivity index (χ3n) is 2.65. The molecule has 1 aliphatic carbocycles. The molecule has 0 aliphatic heterocycles. The van der Waals surface area contributed by atoms with Crippen molar-refractivity contribution in [3.63, 3.8) is 0 Å². The summed E-state index contributed by atoms with van der Waals surface area (Å²) in [6, 6.07) is 0. The van der Waals surface area contributed by atoms with Gasteiger partial charge in [-0.25, -0.2) is 0 Å². The summed E-state index contributed by atoms with van der Waals surface area (Å²) in [5.74, 6) is 0.408. The van der Waals surface area contributed by atoms with Gasteiger partial charge in [-0.1, -0.05) is 88.1 Å². The summed E-state index contributed by atoms with van der Waals surface area (Å²) in [6.45, 7) is 11.6. The summed E-state index contributed by atoms with van der Waals surface area (Å²) in [6.07, 6.45) is 20.7. The Labute approximate surface area is 129 Å². The Morgan fingerprint density at radius 1 is 1.24 bits per heavy atom. The minimum Gasteiger partial charge on any atom is -0.289 e. The lowest BCUT2D eigenvalue weighted by Gasteiger charge is -1.96. The first-order valence-corrected chi connectivity index (χ1v) is 7.42. The fraction of sp³-hybridized carbons (Fsp3) is 0.250. The zero-order valence-electron chi connectivity index (χ0n) is 13.5. The van der Waals surface area contributed by atoms with E-state index in [-0.39, 0.29) is 5.78 Å². The van der Waals surface area contributed by atoms with E-state index >= 15 is 0 Å². The van der Waals surface area contributed by atoms with Gasteiger partial charge in [-0.2, -0.15) is 0 Å². The van der Waals surface area contributed by atoms with Crippen LogP contribution in [0.2, 0.25) is 0 Å². The monoisotopic (exact) mass is 282 g/mol.